The van der Waals surface area contributed by atoms with Gasteiger partial charge in [-0.05, 0) is 44.4 Å². The number of piperidine rings is 1. The third-order valence-electron chi connectivity index (χ3n) is 5.28. The Balaban J connectivity index is 1.54. The first kappa shape index (κ1) is 18.5. The zero-order valence-corrected chi connectivity index (χ0v) is 15.6. The van der Waals surface area contributed by atoms with Crippen LogP contribution in [0.2, 0.25) is 0 Å². The maximum atomic E-state index is 13.6. The Morgan fingerprint density at radius 3 is 2.50 bits per heavy atom. The van der Waals surface area contributed by atoms with E-state index < -0.39 is 17.2 Å². The van der Waals surface area contributed by atoms with Crippen molar-refractivity contribution in [1.82, 2.24) is 15.1 Å². The van der Waals surface area contributed by atoms with Gasteiger partial charge in [-0.25, -0.2) is 13.8 Å². The largest absolute Gasteiger partial charge is 0.385 e. The van der Waals surface area contributed by atoms with E-state index in [9.17, 15) is 13.9 Å². The van der Waals surface area contributed by atoms with E-state index in [1.807, 2.05) is 18.7 Å². The second-order valence-corrected chi connectivity index (χ2v) is 7.11. The fraction of sp³-hybridized carbons (Fsp3) is 0.350. The number of anilines is 1. The second-order valence-electron chi connectivity index (χ2n) is 7.11. The zero-order valence-electron chi connectivity index (χ0n) is 15.6. The lowest BCUT2D eigenvalue weighted by atomic mass is 9.84. The van der Waals surface area contributed by atoms with Gasteiger partial charge in [0.25, 0.3) is 0 Å². The van der Waals surface area contributed by atoms with Gasteiger partial charge in [-0.3, -0.25) is 4.98 Å². The molecule has 1 fully saturated rings. The van der Waals surface area contributed by atoms with E-state index in [4.69, 9.17) is 4.52 Å². The molecule has 1 saturated heterocycles. The van der Waals surface area contributed by atoms with Crippen molar-refractivity contribution in [2.75, 3.05) is 18.0 Å². The number of halogens is 2. The maximum absolute atomic E-state index is 13.6. The van der Waals surface area contributed by atoms with E-state index in [1.165, 1.54) is 6.07 Å². The summed E-state index contributed by atoms with van der Waals surface area (Å²) in [5.74, 6) is -0.511. The van der Waals surface area contributed by atoms with Crippen LogP contribution in [0.4, 0.5) is 14.6 Å². The van der Waals surface area contributed by atoms with E-state index in [2.05, 4.69) is 15.1 Å². The molecule has 0 atom stereocenters. The maximum Gasteiger partial charge on any atom is 0.159 e. The predicted molar refractivity (Wildman–Crippen MR) is 98.7 cm³/mol. The minimum Gasteiger partial charge on any atom is -0.385 e. The van der Waals surface area contributed by atoms with Crippen LogP contribution >= 0.6 is 0 Å². The van der Waals surface area contributed by atoms with E-state index in [-0.39, 0.29) is 0 Å². The first-order chi connectivity index (χ1) is 13.4. The number of aliphatic hydroxyl groups is 1. The van der Waals surface area contributed by atoms with Gasteiger partial charge in [-0.1, -0.05) is 11.2 Å². The monoisotopic (exact) mass is 386 g/mol. The standard InChI is InChI=1S/C20H20F2N4O2/c1-12-19(13(2)28-25-12)17-10-23-11-18(24-17)26-7-5-20(27,6-8-26)14-3-4-15(21)16(22)9-14/h3-4,9-11,27H,5-8H2,1-2H3. The Bertz CT molecular complexity index is 994. The van der Waals surface area contributed by atoms with Crippen LogP contribution in [0.3, 0.4) is 0 Å². The fourth-order valence-electron chi connectivity index (χ4n) is 3.66. The molecule has 0 bridgehead atoms. The highest BCUT2D eigenvalue weighted by molar-refractivity contribution is 5.64. The molecule has 1 aliphatic heterocycles. The van der Waals surface area contributed by atoms with Gasteiger partial charge < -0.3 is 14.5 Å². The lowest BCUT2D eigenvalue weighted by molar-refractivity contribution is 0.0113. The van der Waals surface area contributed by atoms with Crippen LogP contribution in [0.5, 0.6) is 0 Å². The minimum absolute atomic E-state index is 0.370. The average molecular weight is 386 g/mol. The van der Waals surface area contributed by atoms with Crippen molar-refractivity contribution in [1.29, 1.82) is 0 Å². The van der Waals surface area contributed by atoms with Gasteiger partial charge in [0, 0.05) is 13.1 Å². The molecule has 6 nitrogen and oxygen atoms in total. The number of nitrogens with zero attached hydrogens (tertiary/aromatic N) is 4. The normalized spacial score (nSPS) is 16.4. The molecule has 1 aromatic carbocycles. The molecule has 1 aliphatic rings. The summed E-state index contributed by atoms with van der Waals surface area (Å²) in [6, 6.07) is 3.56. The SMILES string of the molecule is Cc1noc(C)c1-c1cncc(N2CCC(O)(c3ccc(F)c(F)c3)CC2)n1. The molecule has 8 heteroatoms. The number of aromatic nitrogens is 3. The van der Waals surface area contributed by atoms with Crippen LogP contribution in [0, 0.1) is 25.5 Å². The van der Waals surface area contributed by atoms with E-state index >= 15 is 0 Å². The molecule has 3 heterocycles. The molecule has 2 aromatic heterocycles. The topological polar surface area (TPSA) is 75.3 Å². The predicted octanol–water partition coefficient (Wildman–Crippen LogP) is 3.51. The van der Waals surface area contributed by atoms with Crippen LogP contribution in [0.25, 0.3) is 11.3 Å². The molecule has 146 valence electrons. The zero-order chi connectivity index (χ0) is 19.9. The molecule has 3 aromatic rings. The van der Waals surface area contributed by atoms with Crippen molar-refractivity contribution in [3.05, 3.63) is 59.2 Å². The van der Waals surface area contributed by atoms with Gasteiger partial charge in [0.1, 0.15) is 11.6 Å². The van der Waals surface area contributed by atoms with Crippen molar-refractivity contribution in [2.45, 2.75) is 32.3 Å². The first-order valence-electron chi connectivity index (χ1n) is 9.05. The Morgan fingerprint density at radius 1 is 1.11 bits per heavy atom. The number of aryl methyl sites for hydroxylation is 2. The van der Waals surface area contributed by atoms with Gasteiger partial charge >= 0.3 is 0 Å². The summed E-state index contributed by atoms with van der Waals surface area (Å²) >= 11 is 0. The summed E-state index contributed by atoms with van der Waals surface area (Å²) in [7, 11) is 0. The summed E-state index contributed by atoms with van der Waals surface area (Å²) < 4.78 is 32.0. The molecular weight excluding hydrogens is 366 g/mol. The Labute approximate surface area is 160 Å². The van der Waals surface area contributed by atoms with Crippen LogP contribution < -0.4 is 4.90 Å². The van der Waals surface area contributed by atoms with Crippen molar-refractivity contribution in [3.8, 4) is 11.3 Å². The molecule has 0 saturated carbocycles. The minimum atomic E-state index is -1.20. The highest BCUT2D eigenvalue weighted by atomic mass is 19.2. The van der Waals surface area contributed by atoms with E-state index in [0.29, 0.717) is 48.8 Å². The molecule has 0 amide bonds. The lowest BCUT2D eigenvalue weighted by Gasteiger charge is -2.39. The molecule has 0 radical (unpaired) electrons. The van der Waals surface area contributed by atoms with Crippen molar-refractivity contribution < 1.29 is 18.4 Å². The van der Waals surface area contributed by atoms with Crippen LogP contribution in [0.1, 0.15) is 29.9 Å². The number of benzene rings is 1. The molecule has 0 unspecified atom stereocenters. The van der Waals surface area contributed by atoms with E-state index in [0.717, 1.165) is 23.4 Å². The first-order valence-corrected chi connectivity index (χ1v) is 9.05. The highest BCUT2D eigenvalue weighted by Crippen LogP contribution is 2.35. The molecule has 1 N–H and O–H groups in total. The highest BCUT2D eigenvalue weighted by Gasteiger charge is 2.35. The molecule has 0 spiro atoms. The van der Waals surface area contributed by atoms with Gasteiger partial charge in [0.05, 0.1) is 34.9 Å². The lowest BCUT2D eigenvalue weighted by Crippen LogP contribution is -2.43. The summed E-state index contributed by atoms with van der Waals surface area (Å²) in [5, 5.41) is 14.9. The van der Waals surface area contributed by atoms with E-state index in [1.54, 1.807) is 12.4 Å². The van der Waals surface area contributed by atoms with Gasteiger partial charge in [0.2, 0.25) is 0 Å². The fourth-order valence-corrected chi connectivity index (χ4v) is 3.66. The van der Waals surface area contributed by atoms with Crippen LogP contribution in [-0.4, -0.2) is 33.3 Å². The third kappa shape index (κ3) is 3.24. The number of hydrogen-bond acceptors (Lipinski definition) is 6. The van der Waals surface area contributed by atoms with Crippen molar-refractivity contribution in [2.24, 2.45) is 0 Å². The number of rotatable bonds is 3. The van der Waals surface area contributed by atoms with Gasteiger partial charge in [0.15, 0.2) is 11.6 Å². The smallest absolute Gasteiger partial charge is 0.159 e. The molecule has 28 heavy (non-hydrogen) atoms. The average Bonchev–Trinajstić information content (AvgIpc) is 3.03. The summed E-state index contributed by atoms with van der Waals surface area (Å²) in [6.07, 6.45) is 4.08. The third-order valence-corrected chi connectivity index (χ3v) is 5.28. The summed E-state index contributed by atoms with van der Waals surface area (Å²) in [6.45, 7) is 4.69. The molecule has 0 aliphatic carbocycles. The van der Waals surface area contributed by atoms with Gasteiger partial charge in [-0.2, -0.15) is 0 Å². The molecule has 4 rings (SSSR count). The number of hydrogen-bond donors (Lipinski definition) is 1. The quantitative estimate of drug-likeness (QED) is 0.742. The molecular formula is C20H20F2N4O2. The Hall–Kier alpha value is -2.87. The second kappa shape index (κ2) is 6.94. The van der Waals surface area contributed by atoms with Crippen molar-refractivity contribution in [3.63, 3.8) is 0 Å². The van der Waals surface area contributed by atoms with Gasteiger partial charge in [-0.15, -0.1) is 0 Å². The van der Waals surface area contributed by atoms with Crippen LogP contribution in [0.15, 0.2) is 35.1 Å². The summed E-state index contributed by atoms with van der Waals surface area (Å²) in [5.41, 5.74) is 1.44. The van der Waals surface area contributed by atoms with Crippen LogP contribution in [-0.2, 0) is 5.60 Å². The Morgan fingerprint density at radius 2 is 1.86 bits per heavy atom. The summed E-state index contributed by atoms with van der Waals surface area (Å²) in [4.78, 5) is 11.0. The van der Waals surface area contributed by atoms with Crippen molar-refractivity contribution >= 4 is 5.82 Å². The Kier molecular flexibility index (Phi) is 4.58.